The number of piperidine rings is 1. The van der Waals surface area contributed by atoms with Crippen LogP contribution in [-0.4, -0.2) is 33.3 Å². The van der Waals surface area contributed by atoms with Gasteiger partial charge in [-0.3, -0.25) is 29.8 Å². The van der Waals surface area contributed by atoms with Crippen LogP contribution in [-0.2, 0) is 16.1 Å². The highest BCUT2D eigenvalue weighted by molar-refractivity contribution is 6.03. The second-order valence-electron chi connectivity index (χ2n) is 4.60. The number of nitrogens with one attached hydrogen (secondary N) is 2. The maximum atomic E-state index is 12.1. The topological polar surface area (TPSA) is 123 Å². The van der Waals surface area contributed by atoms with E-state index in [4.69, 9.17) is 0 Å². The molecule has 0 aromatic carbocycles. The first kappa shape index (κ1) is 14.7. The molecule has 0 bridgehead atoms. The quantitative estimate of drug-likeness (QED) is 0.458. The first-order chi connectivity index (χ1) is 9.92. The van der Waals surface area contributed by atoms with Crippen molar-refractivity contribution in [2.45, 2.75) is 32.4 Å². The molecule has 2 heterocycles. The van der Waals surface area contributed by atoms with E-state index in [1.165, 1.54) is 10.8 Å². The third kappa shape index (κ3) is 3.07. The molecule has 9 nitrogen and oxygen atoms in total. The van der Waals surface area contributed by atoms with Gasteiger partial charge in [0.1, 0.15) is 11.7 Å². The van der Waals surface area contributed by atoms with Crippen molar-refractivity contribution in [1.82, 2.24) is 15.2 Å². The molecule has 0 spiro atoms. The Balaban J connectivity index is 2.15. The van der Waals surface area contributed by atoms with Gasteiger partial charge < -0.3 is 9.88 Å². The van der Waals surface area contributed by atoms with Crippen LogP contribution in [0.2, 0.25) is 0 Å². The van der Waals surface area contributed by atoms with Gasteiger partial charge in [-0.1, -0.05) is 0 Å². The van der Waals surface area contributed by atoms with Crippen LogP contribution in [0.15, 0.2) is 12.3 Å². The predicted octanol–water partition coefficient (Wildman–Crippen LogP) is -0.0488. The second-order valence-corrected chi connectivity index (χ2v) is 4.60. The molecule has 0 aliphatic carbocycles. The number of hydrogen-bond acceptors (Lipinski definition) is 5. The Morgan fingerprint density at radius 1 is 1.57 bits per heavy atom. The van der Waals surface area contributed by atoms with Gasteiger partial charge in [-0.25, -0.2) is 0 Å². The van der Waals surface area contributed by atoms with Crippen LogP contribution in [0.3, 0.4) is 0 Å². The Bertz CT molecular complexity index is 621. The minimum atomic E-state index is -0.811. The maximum absolute atomic E-state index is 12.1. The van der Waals surface area contributed by atoms with Crippen molar-refractivity contribution in [3.8, 4) is 0 Å². The van der Waals surface area contributed by atoms with Gasteiger partial charge in [0.15, 0.2) is 0 Å². The molecule has 1 aliphatic heterocycles. The molecular formula is C12H14N4O5. The van der Waals surface area contributed by atoms with Gasteiger partial charge in [0.05, 0.1) is 11.1 Å². The first-order valence-corrected chi connectivity index (χ1v) is 6.41. The number of aromatic nitrogens is 1. The summed E-state index contributed by atoms with van der Waals surface area (Å²) in [5, 5.41) is 15.4. The molecule has 1 aliphatic rings. The molecule has 2 rings (SSSR count). The smallest absolute Gasteiger partial charge is 0.287 e. The predicted molar refractivity (Wildman–Crippen MR) is 70.4 cm³/mol. The van der Waals surface area contributed by atoms with Crippen LogP contribution < -0.4 is 10.6 Å². The molecule has 0 radical (unpaired) electrons. The van der Waals surface area contributed by atoms with E-state index in [-0.39, 0.29) is 30.1 Å². The monoisotopic (exact) mass is 294 g/mol. The van der Waals surface area contributed by atoms with Crippen LogP contribution >= 0.6 is 0 Å². The summed E-state index contributed by atoms with van der Waals surface area (Å²) in [4.78, 5) is 44.9. The normalized spacial score (nSPS) is 18.2. The zero-order chi connectivity index (χ0) is 15.6. The number of nitrogens with zero attached hydrogens (tertiary/aromatic N) is 2. The molecule has 2 N–H and O–H groups in total. The fraction of sp³-hybridized carbons (Fsp3) is 0.417. The Morgan fingerprint density at radius 2 is 2.29 bits per heavy atom. The average molecular weight is 294 g/mol. The van der Waals surface area contributed by atoms with Crippen molar-refractivity contribution in [2.75, 3.05) is 0 Å². The molecule has 21 heavy (non-hydrogen) atoms. The van der Waals surface area contributed by atoms with Crippen LogP contribution in [0.25, 0.3) is 0 Å². The summed E-state index contributed by atoms with van der Waals surface area (Å²) in [5.74, 6) is -1.53. The lowest BCUT2D eigenvalue weighted by Crippen LogP contribution is -2.52. The van der Waals surface area contributed by atoms with E-state index in [1.54, 1.807) is 6.92 Å². The highest BCUT2D eigenvalue weighted by atomic mass is 16.6. The number of amides is 3. The van der Waals surface area contributed by atoms with Gasteiger partial charge in [0.2, 0.25) is 11.8 Å². The Morgan fingerprint density at radius 3 is 2.86 bits per heavy atom. The molecule has 112 valence electrons. The molecule has 1 aromatic heterocycles. The summed E-state index contributed by atoms with van der Waals surface area (Å²) in [6.45, 7) is 2.12. The SMILES string of the molecule is CCn1cc([N+](=O)[O-])cc1C(=O)NC1CCC(=O)NC1=O. The zero-order valence-corrected chi connectivity index (χ0v) is 11.3. The molecule has 1 aromatic rings. The van der Waals surface area contributed by atoms with Gasteiger partial charge in [0.25, 0.3) is 11.6 Å². The highest BCUT2D eigenvalue weighted by Gasteiger charge is 2.29. The van der Waals surface area contributed by atoms with Gasteiger partial charge in [-0.05, 0) is 13.3 Å². The van der Waals surface area contributed by atoms with Crippen molar-refractivity contribution in [3.63, 3.8) is 0 Å². The Labute approximate surface area is 119 Å². The number of nitro groups is 1. The lowest BCUT2D eigenvalue weighted by molar-refractivity contribution is -0.384. The minimum Gasteiger partial charge on any atom is -0.339 e. The van der Waals surface area contributed by atoms with E-state index in [0.717, 1.165) is 6.07 Å². The fourth-order valence-electron chi connectivity index (χ4n) is 2.11. The molecule has 3 amide bonds. The van der Waals surface area contributed by atoms with Gasteiger partial charge in [0, 0.05) is 19.0 Å². The first-order valence-electron chi connectivity index (χ1n) is 6.41. The molecule has 1 unspecified atom stereocenters. The minimum absolute atomic E-state index is 0.105. The van der Waals surface area contributed by atoms with Crippen LogP contribution in [0.1, 0.15) is 30.3 Å². The Kier molecular flexibility index (Phi) is 4.01. The van der Waals surface area contributed by atoms with Crippen molar-refractivity contribution < 1.29 is 19.3 Å². The van der Waals surface area contributed by atoms with Gasteiger partial charge >= 0.3 is 0 Å². The van der Waals surface area contributed by atoms with Crippen molar-refractivity contribution in [3.05, 3.63) is 28.1 Å². The van der Waals surface area contributed by atoms with E-state index < -0.39 is 22.8 Å². The van der Waals surface area contributed by atoms with E-state index in [2.05, 4.69) is 10.6 Å². The zero-order valence-electron chi connectivity index (χ0n) is 11.3. The number of hydrogen-bond donors (Lipinski definition) is 2. The molecule has 1 saturated heterocycles. The van der Waals surface area contributed by atoms with E-state index in [1.807, 2.05) is 0 Å². The van der Waals surface area contributed by atoms with Crippen LogP contribution in [0.4, 0.5) is 5.69 Å². The Hall–Kier alpha value is -2.71. The van der Waals surface area contributed by atoms with Gasteiger partial charge in [-0.2, -0.15) is 0 Å². The van der Waals surface area contributed by atoms with Crippen LogP contribution in [0, 0.1) is 10.1 Å². The molecular weight excluding hydrogens is 280 g/mol. The van der Waals surface area contributed by atoms with E-state index >= 15 is 0 Å². The van der Waals surface area contributed by atoms with E-state index in [9.17, 15) is 24.5 Å². The van der Waals surface area contributed by atoms with Crippen LogP contribution in [0.5, 0.6) is 0 Å². The van der Waals surface area contributed by atoms with Crippen molar-refractivity contribution in [1.29, 1.82) is 0 Å². The summed E-state index contributed by atoms with van der Waals surface area (Å²) in [6, 6.07) is 0.347. The molecule has 1 atom stereocenters. The summed E-state index contributed by atoms with van der Waals surface area (Å²) < 4.78 is 1.43. The summed E-state index contributed by atoms with van der Waals surface area (Å²) >= 11 is 0. The standard InChI is InChI=1S/C12H14N4O5/c1-2-15-6-7(16(20)21)5-9(15)12(19)13-8-3-4-10(17)14-11(8)18/h5-6,8H,2-4H2,1H3,(H,13,19)(H,14,17,18). The van der Waals surface area contributed by atoms with Gasteiger partial charge in [-0.15, -0.1) is 0 Å². The third-order valence-corrected chi connectivity index (χ3v) is 3.21. The summed E-state index contributed by atoms with van der Waals surface area (Å²) in [5.41, 5.74) is -0.0841. The summed E-state index contributed by atoms with van der Waals surface area (Å²) in [7, 11) is 0. The summed E-state index contributed by atoms with van der Waals surface area (Å²) in [6.07, 6.45) is 1.62. The molecule has 1 fully saturated rings. The number of rotatable bonds is 4. The van der Waals surface area contributed by atoms with E-state index in [0.29, 0.717) is 6.54 Å². The molecule has 0 saturated carbocycles. The average Bonchev–Trinajstić information content (AvgIpc) is 2.86. The molecule has 9 heteroatoms. The van der Waals surface area contributed by atoms with Crippen molar-refractivity contribution in [2.24, 2.45) is 0 Å². The maximum Gasteiger partial charge on any atom is 0.287 e. The largest absolute Gasteiger partial charge is 0.339 e. The number of aryl methyl sites for hydroxylation is 1. The van der Waals surface area contributed by atoms with Crippen molar-refractivity contribution >= 4 is 23.4 Å². The highest BCUT2D eigenvalue weighted by Crippen LogP contribution is 2.17. The lowest BCUT2D eigenvalue weighted by atomic mass is 10.1. The fourth-order valence-corrected chi connectivity index (χ4v) is 2.11. The number of carbonyl (C=O) groups is 3. The number of carbonyl (C=O) groups excluding carboxylic acids is 3. The number of imide groups is 1. The second kappa shape index (κ2) is 5.73. The lowest BCUT2D eigenvalue weighted by Gasteiger charge is -2.21. The third-order valence-electron chi connectivity index (χ3n) is 3.21.